The number of carbonyl (C=O) groups excluding carboxylic acids is 1. The molecule has 0 atom stereocenters. The second kappa shape index (κ2) is 6.39. The lowest BCUT2D eigenvalue weighted by molar-refractivity contribution is -0.144. The van der Waals surface area contributed by atoms with Gasteiger partial charge in [-0.3, -0.25) is 4.79 Å². The third kappa shape index (κ3) is 2.96. The predicted molar refractivity (Wildman–Crippen MR) is 92.3 cm³/mol. The van der Waals surface area contributed by atoms with Crippen LogP contribution >= 0.6 is 15.9 Å². The second-order valence-electron chi connectivity index (χ2n) is 6.08. The molecule has 0 spiro atoms. The van der Waals surface area contributed by atoms with Gasteiger partial charge in [0.2, 0.25) is 0 Å². The Bertz CT molecular complexity index is 794. The molecule has 1 fully saturated rings. The number of aliphatic carboxylic acids is 1. The fraction of sp³-hybridized carbons (Fsp3) is 0.353. The molecular weight excluding hydrogens is 374 g/mol. The summed E-state index contributed by atoms with van der Waals surface area (Å²) in [4.78, 5) is 24.2. The van der Waals surface area contributed by atoms with E-state index in [1.54, 1.807) is 11.6 Å². The molecule has 1 aromatic carbocycles. The van der Waals surface area contributed by atoms with Crippen molar-refractivity contribution in [1.29, 1.82) is 0 Å². The van der Waals surface area contributed by atoms with Crippen molar-refractivity contribution in [2.45, 2.75) is 38.1 Å². The molecule has 0 radical (unpaired) electrons. The highest BCUT2D eigenvalue weighted by Gasteiger charge is 2.43. The van der Waals surface area contributed by atoms with Crippen molar-refractivity contribution in [3.8, 4) is 5.69 Å². The number of benzene rings is 1. The standard InChI is InChI=1S/C17H18BrN3O3/c1-11-14(10-19-21(11)13-6-4-5-12(18)9-13)15(22)20-17(16(23)24)7-2-3-8-17/h4-6,9-10H,2-3,7-8H2,1H3,(H,20,22)(H,23,24). The maximum Gasteiger partial charge on any atom is 0.329 e. The van der Waals surface area contributed by atoms with E-state index in [0.717, 1.165) is 23.0 Å². The van der Waals surface area contributed by atoms with Crippen molar-refractivity contribution >= 4 is 27.8 Å². The fourth-order valence-corrected chi connectivity index (χ4v) is 3.54. The average molecular weight is 392 g/mol. The van der Waals surface area contributed by atoms with Gasteiger partial charge < -0.3 is 10.4 Å². The summed E-state index contributed by atoms with van der Waals surface area (Å²) in [6.45, 7) is 1.80. The topological polar surface area (TPSA) is 84.2 Å². The van der Waals surface area contributed by atoms with Crippen LogP contribution in [0.4, 0.5) is 0 Å². The molecule has 24 heavy (non-hydrogen) atoms. The van der Waals surface area contributed by atoms with Gasteiger partial charge in [-0.25, -0.2) is 9.48 Å². The summed E-state index contributed by atoms with van der Waals surface area (Å²) >= 11 is 3.42. The number of carbonyl (C=O) groups is 2. The Labute approximate surface area is 148 Å². The molecule has 3 rings (SSSR count). The van der Waals surface area contributed by atoms with Gasteiger partial charge in [-0.15, -0.1) is 0 Å². The number of carboxylic acid groups (broad SMARTS) is 1. The molecule has 1 heterocycles. The Balaban J connectivity index is 1.88. The van der Waals surface area contributed by atoms with Crippen molar-refractivity contribution in [3.63, 3.8) is 0 Å². The molecule has 0 aliphatic heterocycles. The molecule has 0 bridgehead atoms. The summed E-state index contributed by atoms with van der Waals surface area (Å²) in [6.07, 6.45) is 4.03. The van der Waals surface area contributed by atoms with Crippen LogP contribution in [0.1, 0.15) is 41.7 Å². The number of nitrogens with zero attached hydrogens (tertiary/aromatic N) is 2. The number of carboxylic acids is 1. The minimum atomic E-state index is -1.15. The molecule has 1 aromatic heterocycles. The molecule has 126 valence electrons. The van der Waals surface area contributed by atoms with Gasteiger partial charge in [0.15, 0.2) is 0 Å². The van der Waals surface area contributed by atoms with Crippen molar-refractivity contribution in [2.75, 3.05) is 0 Å². The van der Waals surface area contributed by atoms with Crippen LogP contribution in [-0.4, -0.2) is 32.3 Å². The highest BCUT2D eigenvalue weighted by Crippen LogP contribution is 2.30. The number of aromatic nitrogens is 2. The molecule has 1 amide bonds. The van der Waals surface area contributed by atoms with Gasteiger partial charge in [0.25, 0.3) is 5.91 Å². The van der Waals surface area contributed by atoms with Gasteiger partial charge in [0, 0.05) is 4.47 Å². The van der Waals surface area contributed by atoms with E-state index < -0.39 is 17.4 Å². The number of nitrogens with one attached hydrogen (secondary N) is 1. The van der Waals surface area contributed by atoms with Crippen LogP contribution in [0, 0.1) is 6.92 Å². The number of halogens is 1. The number of rotatable bonds is 4. The van der Waals surface area contributed by atoms with E-state index in [1.165, 1.54) is 6.20 Å². The second-order valence-corrected chi connectivity index (χ2v) is 7.00. The van der Waals surface area contributed by atoms with Gasteiger partial charge in [0.1, 0.15) is 5.54 Å². The Hall–Kier alpha value is -2.15. The minimum absolute atomic E-state index is 0.391. The lowest BCUT2D eigenvalue weighted by Crippen LogP contribution is -2.52. The van der Waals surface area contributed by atoms with E-state index in [0.29, 0.717) is 24.1 Å². The largest absolute Gasteiger partial charge is 0.480 e. The van der Waals surface area contributed by atoms with Crippen LogP contribution < -0.4 is 5.32 Å². The zero-order valence-corrected chi connectivity index (χ0v) is 14.8. The molecule has 2 aromatic rings. The third-order valence-corrected chi connectivity index (χ3v) is 5.02. The predicted octanol–water partition coefficient (Wildman–Crippen LogP) is 3.07. The van der Waals surface area contributed by atoms with Gasteiger partial charge in [-0.2, -0.15) is 5.10 Å². The monoisotopic (exact) mass is 391 g/mol. The third-order valence-electron chi connectivity index (χ3n) is 4.53. The molecule has 0 unspecified atom stereocenters. The first kappa shape index (κ1) is 16.7. The summed E-state index contributed by atoms with van der Waals surface area (Å²) in [6, 6.07) is 7.59. The van der Waals surface area contributed by atoms with Gasteiger partial charge in [-0.05, 0) is 38.0 Å². The van der Waals surface area contributed by atoms with Crippen molar-refractivity contribution in [1.82, 2.24) is 15.1 Å². The van der Waals surface area contributed by atoms with Crippen LogP contribution in [0.5, 0.6) is 0 Å². The Morgan fingerprint density at radius 1 is 1.33 bits per heavy atom. The minimum Gasteiger partial charge on any atom is -0.480 e. The highest BCUT2D eigenvalue weighted by atomic mass is 79.9. The molecule has 1 aliphatic rings. The summed E-state index contributed by atoms with van der Waals surface area (Å²) in [7, 11) is 0. The van der Waals surface area contributed by atoms with E-state index in [4.69, 9.17) is 0 Å². The van der Waals surface area contributed by atoms with Crippen molar-refractivity contribution in [3.05, 3.63) is 46.2 Å². The molecule has 7 heteroatoms. The summed E-state index contributed by atoms with van der Waals surface area (Å²) < 4.78 is 2.58. The Kier molecular flexibility index (Phi) is 4.45. The number of amides is 1. The SMILES string of the molecule is Cc1c(C(=O)NC2(C(=O)O)CCCC2)cnn1-c1cccc(Br)c1. The van der Waals surface area contributed by atoms with E-state index in [2.05, 4.69) is 26.3 Å². The zero-order valence-electron chi connectivity index (χ0n) is 13.3. The van der Waals surface area contributed by atoms with Crippen molar-refractivity contribution in [2.24, 2.45) is 0 Å². The smallest absolute Gasteiger partial charge is 0.329 e. The van der Waals surface area contributed by atoms with E-state index >= 15 is 0 Å². The van der Waals surface area contributed by atoms with Crippen LogP contribution in [0.15, 0.2) is 34.9 Å². The van der Waals surface area contributed by atoms with Crippen LogP contribution in [-0.2, 0) is 4.79 Å². The average Bonchev–Trinajstić information content (AvgIpc) is 3.15. The van der Waals surface area contributed by atoms with Gasteiger partial charge in [0.05, 0.1) is 23.1 Å². The van der Waals surface area contributed by atoms with Gasteiger partial charge in [-0.1, -0.05) is 34.8 Å². The zero-order chi connectivity index (χ0) is 17.3. The number of hydrogen-bond acceptors (Lipinski definition) is 3. The molecule has 6 nitrogen and oxygen atoms in total. The lowest BCUT2D eigenvalue weighted by Gasteiger charge is -2.25. The van der Waals surface area contributed by atoms with Gasteiger partial charge >= 0.3 is 5.97 Å². The maximum atomic E-state index is 12.6. The van der Waals surface area contributed by atoms with Crippen LogP contribution in [0.3, 0.4) is 0 Å². The normalized spacial score (nSPS) is 16.1. The Morgan fingerprint density at radius 2 is 2.04 bits per heavy atom. The lowest BCUT2D eigenvalue weighted by atomic mass is 9.97. The molecule has 2 N–H and O–H groups in total. The van der Waals surface area contributed by atoms with E-state index in [-0.39, 0.29) is 0 Å². The van der Waals surface area contributed by atoms with E-state index in [1.807, 2.05) is 24.3 Å². The molecule has 0 saturated heterocycles. The first-order valence-electron chi connectivity index (χ1n) is 7.79. The molecular formula is C17H18BrN3O3. The fourth-order valence-electron chi connectivity index (χ4n) is 3.16. The maximum absolute atomic E-state index is 12.6. The Morgan fingerprint density at radius 3 is 2.67 bits per heavy atom. The molecule has 1 saturated carbocycles. The summed E-state index contributed by atoms with van der Waals surface area (Å²) in [5.74, 6) is -1.36. The van der Waals surface area contributed by atoms with E-state index in [9.17, 15) is 14.7 Å². The number of hydrogen-bond donors (Lipinski definition) is 2. The molecule has 1 aliphatic carbocycles. The quantitative estimate of drug-likeness (QED) is 0.838. The summed E-state index contributed by atoms with van der Waals surface area (Å²) in [5, 5.41) is 16.5. The van der Waals surface area contributed by atoms with Crippen molar-refractivity contribution < 1.29 is 14.7 Å². The van der Waals surface area contributed by atoms with Crippen LogP contribution in [0.25, 0.3) is 5.69 Å². The van der Waals surface area contributed by atoms with Crippen LogP contribution in [0.2, 0.25) is 0 Å². The summed E-state index contributed by atoms with van der Waals surface area (Å²) in [5.41, 5.74) is 0.739. The first-order chi connectivity index (χ1) is 11.4. The highest BCUT2D eigenvalue weighted by molar-refractivity contribution is 9.10. The first-order valence-corrected chi connectivity index (χ1v) is 8.59.